The van der Waals surface area contributed by atoms with Gasteiger partial charge in [0.15, 0.2) is 0 Å². The molecule has 0 N–H and O–H groups in total. The molecule has 1 fully saturated rings. The van der Waals surface area contributed by atoms with Gasteiger partial charge < -0.3 is 9.64 Å². The Morgan fingerprint density at radius 1 is 1.24 bits per heavy atom. The van der Waals surface area contributed by atoms with E-state index in [0.717, 1.165) is 37.6 Å². The third-order valence-corrected chi connectivity index (χ3v) is 4.78. The van der Waals surface area contributed by atoms with E-state index in [0.29, 0.717) is 18.2 Å². The fourth-order valence-electron chi connectivity index (χ4n) is 3.25. The average molecular weight is 343 g/mol. The van der Waals surface area contributed by atoms with Crippen LogP contribution < -0.4 is 0 Å². The van der Waals surface area contributed by atoms with Gasteiger partial charge in [0, 0.05) is 51.7 Å². The predicted molar refractivity (Wildman–Crippen MR) is 94.9 cm³/mol. The van der Waals surface area contributed by atoms with E-state index >= 15 is 0 Å². The van der Waals surface area contributed by atoms with Crippen molar-refractivity contribution in [2.75, 3.05) is 39.9 Å². The molecule has 2 aromatic heterocycles. The molecule has 0 aliphatic carbocycles. The van der Waals surface area contributed by atoms with Gasteiger partial charge in [-0.1, -0.05) is 0 Å². The summed E-state index contributed by atoms with van der Waals surface area (Å²) in [6.45, 7) is 7.99. The van der Waals surface area contributed by atoms with Crippen LogP contribution in [0.1, 0.15) is 23.0 Å². The zero-order valence-electron chi connectivity index (χ0n) is 15.1. The van der Waals surface area contributed by atoms with E-state index in [1.165, 1.54) is 0 Å². The van der Waals surface area contributed by atoms with E-state index in [9.17, 15) is 4.79 Å². The Labute approximate surface area is 148 Å². The normalized spacial score (nSPS) is 16.8. The van der Waals surface area contributed by atoms with E-state index in [1.54, 1.807) is 30.4 Å². The molecule has 0 aromatic carbocycles. The number of rotatable bonds is 5. The van der Waals surface area contributed by atoms with Crippen molar-refractivity contribution in [3.05, 3.63) is 42.0 Å². The summed E-state index contributed by atoms with van der Waals surface area (Å²) >= 11 is 0. The Kier molecular flexibility index (Phi) is 5.45. The van der Waals surface area contributed by atoms with Crippen molar-refractivity contribution in [1.29, 1.82) is 0 Å². The molecule has 1 aliphatic rings. The Morgan fingerprint density at radius 3 is 2.56 bits per heavy atom. The summed E-state index contributed by atoms with van der Waals surface area (Å²) in [6.07, 6.45) is 5.11. The molecule has 7 nitrogen and oxygen atoms in total. The van der Waals surface area contributed by atoms with Crippen molar-refractivity contribution in [3.8, 4) is 5.69 Å². The Balaban J connectivity index is 1.68. The van der Waals surface area contributed by atoms with Gasteiger partial charge in [-0.2, -0.15) is 5.10 Å². The fraction of sp³-hybridized carbons (Fsp3) is 0.500. The highest BCUT2D eigenvalue weighted by Gasteiger charge is 2.26. The largest absolute Gasteiger partial charge is 0.383 e. The second-order valence-corrected chi connectivity index (χ2v) is 6.39. The number of nitrogens with zero attached hydrogens (tertiary/aromatic N) is 5. The topological polar surface area (TPSA) is 63.5 Å². The molecule has 3 rings (SSSR count). The van der Waals surface area contributed by atoms with E-state index in [1.807, 2.05) is 24.0 Å². The molecule has 3 heterocycles. The van der Waals surface area contributed by atoms with Gasteiger partial charge in [-0.3, -0.25) is 14.7 Å². The number of aromatic nitrogens is 3. The van der Waals surface area contributed by atoms with Crippen LogP contribution in [0.2, 0.25) is 0 Å². The predicted octanol–water partition coefficient (Wildman–Crippen LogP) is 1.37. The molecule has 0 bridgehead atoms. The number of methoxy groups -OCH3 is 1. The Morgan fingerprint density at radius 2 is 1.92 bits per heavy atom. The second-order valence-electron chi connectivity index (χ2n) is 6.39. The van der Waals surface area contributed by atoms with Crippen LogP contribution in [0.4, 0.5) is 0 Å². The van der Waals surface area contributed by atoms with E-state index < -0.39 is 0 Å². The van der Waals surface area contributed by atoms with Crippen LogP contribution >= 0.6 is 0 Å². The monoisotopic (exact) mass is 343 g/mol. The van der Waals surface area contributed by atoms with Crippen molar-refractivity contribution < 1.29 is 9.53 Å². The van der Waals surface area contributed by atoms with Crippen molar-refractivity contribution in [1.82, 2.24) is 24.6 Å². The lowest BCUT2D eigenvalue weighted by Gasteiger charge is -2.37. The molecule has 0 spiro atoms. The van der Waals surface area contributed by atoms with Crippen LogP contribution in [0, 0.1) is 6.92 Å². The van der Waals surface area contributed by atoms with Crippen LogP contribution in [0.5, 0.6) is 0 Å². The minimum atomic E-state index is 0.0526. The quantitative estimate of drug-likeness (QED) is 0.820. The number of amides is 1. The molecule has 0 radical (unpaired) electrons. The van der Waals surface area contributed by atoms with Gasteiger partial charge in [0.2, 0.25) is 0 Å². The molecule has 0 saturated carbocycles. The Bertz CT molecular complexity index is 708. The van der Waals surface area contributed by atoms with E-state index in [2.05, 4.69) is 21.9 Å². The van der Waals surface area contributed by atoms with Gasteiger partial charge >= 0.3 is 0 Å². The number of hydrogen-bond donors (Lipinski definition) is 0. The first-order chi connectivity index (χ1) is 12.1. The lowest BCUT2D eigenvalue weighted by molar-refractivity contribution is 0.0448. The molecular formula is C18H25N5O2. The molecule has 134 valence electrons. The number of carbonyl (C=O) groups is 1. The summed E-state index contributed by atoms with van der Waals surface area (Å²) in [6, 6.07) is 4.13. The highest BCUT2D eigenvalue weighted by molar-refractivity contribution is 5.95. The van der Waals surface area contributed by atoms with Crippen LogP contribution in [0.3, 0.4) is 0 Å². The first-order valence-corrected chi connectivity index (χ1v) is 8.59. The lowest BCUT2D eigenvalue weighted by Crippen LogP contribution is -2.52. The Hall–Kier alpha value is -2.25. The molecule has 7 heteroatoms. The zero-order chi connectivity index (χ0) is 17.8. The van der Waals surface area contributed by atoms with Crippen LogP contribution in [0.25, 0.3) is 5.69 Å². The second kappa shape index (κ2) is 7.76. The van der Waals surface area contributed by atoms with Gasteiger partial charge in [-0.05, 0) is 26.0 Å². The zero-order valence-corrected chi connectivity index (χ0v) is 15.1. The number of piperazine rings is 1. The molecule has 25 heavy (non-hydrogen) atoms. The smallest absolute Gasteiger partial charge is 0.257 e. The fourth-order valence-corrected chi connectivity index (χ4v) is 3.25. The molecule has 0 unspecified atom stereocenters. The maximum absolute atomic E-state index is 12.9. The minimum Gasteiger partial charge on any atom is -0.383 e. The molecule has 1 atom stereocenters. The summed E-state index contributed by atoms with van der Waals surface area (Å²) in [4.78, 5) is 21.2. The highest BCUT2D eigenvalue weighted by atomic mass is 16.5. The number of carbonyl (C=O) groups excluding carboxylic acids is 1. The van der Waals surface area contributed by atoms with Gasteiger partial charge in [0.05, 0.1) is 29.7 Å². The summed E-state index contributed by atoms with van der Waals surface area (Å²) in [5.41, 5.74) is 2.42. The van der Waals surface area contributed by atoms with Gasteiger partial charge in [-0.25, -0.2) is 4.68 Å². The lowest BCUT2D eigenvalue weighted by atomic mass is 10.2. The van der Waals surface area contributed by atoms with E-state index in [-0.39, 0.29) is 5.91 Å². The van der Waals surface area contributed by atoms with E-state index in [4.69, 9.17) is 4.74 Å². The SMILES string of the molecule is COC[C@@H](C)N1CCN(C(=O)c2cnn(-c3ccncc3)c2C)CC1. The molecule has 1 aliphatic heterocycles. The average Bonchev–Trinajstić information content (AvgIpc) is 3.03. The number of pyridine rings is 1. The maximum Gasteiger partial charge on any atom is 0.257 e. The minimum absolute atomic E-state index is 0.0526. The van der Waals surface area contributed by atoms with Crippen molar-refractivity contribution in [2.45, 2.75) is 19.9 Å². The standard InChI is InChI=1S/C18H25N5O2/c1-14(13-25-3)21-8-10-22(11-9-21)18(24)17-12-20-23(15(17)2)16-4-6-19-7-5-16/h4-7,12,14H,8-11,13H2,1-3H3/t14-/m1/s1. The number of ether oxygens (including phenoxy) is 1. The summed E-state index contributed by atoms with van der Waals surface area (Å²) in [5, 5.41) is 4.38. The molecule has 2 aromatic rings. The van der Waals surface area contributed by atoms with Gasteiger partial charge in [0.25, 0.3) is 5.91 Å². The van der Waals surface area contributed by atoms with Crippen LogP contribution in [0.15, 0.2) is 30.7 Å². The maximum atomic E-state index is 12.9. The van der Waals surface area contributed by atoms with Crippen molar-refractivity contribution in [3.63, 3.8) is 0 Å². The summed E-state index contributed by atoms with van der Waals surface area (Å²) < 4.78 is 7.01. The highest BCUT2D eigenvalue weighted by Crippen LogP contribution is 2.17. The van der Waals surface area contributed by atoms with Crippen molar-refractivity contribution >= 4 is 5.91 Å². The molecular weight excluding hydrogens is 318 g/mol. The van der Waals surface area contributed by atoms with Crippen LogP contribution in [-0.4, -0.2) is 76.4 Å². The van der Waals surface area contributed by atoms with Gasteiger partial charge in [-0.15, -0.1) is 0 Å². The summed E-state index contributed by atoms with van der Waals surface area (Å²) in [5.74, 6) is 0.0526. The summed E-state index contributed by atoms with van der Waals surface area (Å²) in [7, 11) is 1.72. The molecule has 1 amide bonds. The first-order valence-electron chi connectivity index (χ1n) is 8.59. The number of hydrogen-bond acceptors (Lipinski definition) is 5. The van der Waals surface area contributed by atoms with Crippen LogP contribution in [-0.2, 0) is 4.74 Å². The third-order valence-electron chi connectivity index (χ3n) is 4.78. The third kappa shape index (κ3) is 3.72. The molecule has 1 saturated heterocycles. The first kappa shape index (κ1) is 17.6. The van der Waals surface area contributed by atoms with Gasteiger partial charge in [0.1, 0.15) is 0 Å². The van der Waals surface area contributed by atoms with Crippen molar-refractivity contribution in [2.24, 2.45) is 0 Å².